The zero-order valence-corrected chi connectivity index (χ0v) is 11.8. The smallest absolute Gasteiger partial charge is 0.135 e. The molecule has 0 spiro atoms. The number of methoxy groups -OCH3 is 1. The lowest BCUT2D eigenvalue weighted by molar-refractivity contribution is 0.184. The maximum absolute atomic E-state index is 5.85. The first kappa shape index (κ1) is 13.7. The van der Waals surface area contributed by atoms with Crippen LogP contribution in [0.5, 0.6) is 11.5 Å². The summed E-state index contributed by atoms with van der Waals surface area (Å²) in [7, 11) is 1.66. The largest absolute Gasteiger partial charge is 0.459 e. The molecule has 0 saturated carbocycles. The maximum Gasteiger partial charge on any atom is 0.135 e. The van der Waals surface area contributed by atoms with Gasteiger partial charge in [0.15, 0.2) is 0 Å². The van der Waals surface area contributed by atoms with Crippen LogP contribution in [0.25, 0.3) is 11.0 Å². The molecular formula is C17H17NO3. The Morgan fingerprint density at radius 1 is 1.05 bits per heavy atom. The molecule has 3 rings (SSSR count). The third kappa shape index (κ3) is 2.77. The van der Waals surface area contributed by atoms with Crippen molar-refractivity contribution >= 4 is 11.0 Å². The Bertz CT molecular complexity index is 734. The average molecular weight is 283 g/mol. The molecule has 0 amide bonds. The lowest BCUT2D eigenvalue weighted by Crippen LogP contribution is -1.99. The zero-order chi connectivity index (χ0) is 14.7. The molecule has 21 heavy (non-hydrogen) atoms. The number of hydrogen-bond acceptors (Lipinski definition) is 4. The molecule has 0 aliphatic carbocycles. The molecular weight excluding hydrogens is 266 g/mol. The number of fused-ring (bicyclic) bond motifs is 1. The van der Waals surface area contributed by atoms with Crippen molar-refractivity contribution in [2.45, 2.75) is 13.2 Å². The van der Waals surface area contributed by atoms with Gasteiger partial charge in [0.1, 0.15) is 22.8 Å². The molecule has 0 aliphatic heterocycles. The van der Waals surface area contributed by atoms with Gasteiger partial charge in [-0.15, -0.1) is 0 Å². The molecule has 4 nitrogen and oxygen atoms in total. The minimum atomic E-state index is 0.349. The van der Waals surface area contributed by atoms with Crippen molar-refractivity contribution in [3.8, 4) is 11.5 Å². The van der Waals surface area contributed by atoms with E-state index < -0.39 is 0 Å². The van der Waals surface area contributed by atoms with Gasteiger partial charge in [-0.1, -0.05) is 18.2 Å². The van der Waals surface area contributed by atoms with Crippen molar-refractivity contribution in [2.24, 2.45) is 5.73 Å². The monoisotopic (exact) mass is 283 g/mol. The van der Waals surface area contributed by atoms with Crippen molar-refractivity contribution in [2.75, 3.05) is 7.11 Å². The Hall–Kier alpha value is -2.30. The summed E-state index contributed by atoms with van der Waals surface area (Å²) in [6.07, 6.45) is 0. The summed E-state index contributed by atoms with van der Waals surface area (Å²) in [6, 6.07) is 15.4. The molecule has 1 heterocycles. The van der Waals surface area contributed by atoms with Crippen LogP contribution in [-0.4, -0.2) is 7.11 Å². The highest BCUT2D eigenvalue weighted by molar-refractivity contribution is 5.83. The standard InChI is InChI=1S/C17H17NO3/c1-19-11-15-14-9-13(20-12-5-3-2-4-6-12)7-8-16(14)21-17(15)10-18/h2-9H,10-11,18H2,1H3. The van der Waals surface area contributed by atoms with Crippen LogP contribution in [0.3, 0.4) is 0 Å². The van der Waals surface area contributed by atoms with Crippen molar-refractivity contribution in [1.82, 2.24) is 0 Å². The molecule has 3 aromatic rings. The van der Waals surface area contributed by atoms with Crippen molar-refractivity contribution in [3.05, 3.63) is 59.9 Å². The lowest BCUT2D eigenvalue weighted by atomic mass is 10.1. The minimum absolute atomic E-state index is 0.349. The summed E-state index contributed by atoms with van der Waals surface area (Å²) in [5.41, 5.74) is 7.50. The third-order valence-electron chi connectivity index (χ3n) is 3.30. The van der Waals surface area contributed by atoms with Crippen molar-refractivity contribution in [3.63, 3.8) is 0 Å². The van der Waals surface area contributed by atoms with E-state index in [-0.39, 0.29) is 0 Å². The number of furan rings is 1. The van der Waals surface area contributed by atoms with Crippen LogP contribution in [0.2, 0.25) is 0 Å². The SMILES string of the molecule is COCc1c(CN)oc2ccc(Oc3ccccc3)cc12. The summed E-state index contributed by atoms with van der Waals surface area (Å²) >= 11 is 0. The molecule has 0 bridgehead atoms. The Balaban J connectivity index is 2.00. The Labute approximate surface area is 123 Å². The number of hydrogen-bond donors (Lipinski definition) is 1. The van der Waals surface area contributed by atoms with E-state index in [1.54, 1.807) is 7.11 Å². The number of para-hydroxylation sites is 1. The second kappa shape index (κ2) is 5.99. The van der Waals surface area contributed by atoms with Gasteiger partial charge in [0.25, 0.3) is 0 Å². The van der Waals surface area contributed by atoms with E-state index in [0.717, 1.165) is 33.8 Å². The predicted octanol–water partition coefficient (Wildman–Crippen LogP) is 3.83. The fourth-order valence-corrected chi connectivity index (χ4v) is 2.33. The number of ether oxygens (including phenoxy) is 2. The Kier molecular flexibility index (Phi) is 3.90. The minimum Gasteiger partial charge on any atom is -0.459 e. The highest BCUT2D eigenvalue weighted by Crippen LogP contribution is 2.31. The topological polar surface area (TPSA) is 57.6 Å². The normalized spacial score (nSPS) is 11.0. The van der Waals surface area contributed by atoms with E-state index in [9.17, 15) is 0 Å². The van der Waals surface area contributed by atoms with Gasteiger partial charge in [0.05, 0.1) is 13.2 Å². The summed E-state index contributed by atoms with van der Waals surface area (Å²) < 4.78 is 16.8. The fraction of sp³-hybridized carbons (Fsp3) is 0.176. The Morgan fingerprint density at radius 3 is 2.57 bits per heavy atom. The zero-order valence-electron chi connectivity index (χ0n) is 11.8. The van der Waals surface area contributed by atoms with Gasteiger partial charge in [0, 0.05) is 18.1 Å². The number of rotatable bonds is 5. The molecule has 2 aromatic carbocycles. The van der Waals surface area contributed by atoms with Gasteiger partial charge in [-0.25, -0.2) is 0 Å². The second-order valence-electron chi connectivity index (χ2n) is 4.71. The van der Waals surface area contributed by atoms with Crippen LogP contribution in [0.4, 0.5) is 0 Å². The molecule has 0 unspecified atom stereocenters. The first-order chi connectivity index (χ1) is 10.3. The lowest BCUT2D eigenvalue weighted by Gasteiger charge is -2.05. The van der Waals surface area contributed by atoms with Crippen LogP contribution in [-0.2, 0) is 17.9 Å². The van der Waals surface area contributed by atoms with Gasteiger partial charge in [-0.3, -0.25) is 0 Å². The molecule has 4 heteroatoms. The van der Waals surface area contributed by atoms with Gasteiger partial charge >= 0.3 is 0 Å². The van der Waals surface area contributed by atoms with Crippen LogP contribution < -0.4 is 10.5 Å². The molecule has 2 N–H and O–H groups in total. The van der Waals surface area contributed by atoms with Crippen molar-refractivity contribution in [1.29, 1.82) is 0 Å². The first-order valence-electron chi connectivity index (χ1n) is 6.78. The number of nitrogens with two attached hydrogens (primary N) is 1. The quantitative estimate of drug-likeness (QED) is 0.773. The third-order valence-corrected chi connectivity index (χ3v) is 3.30. The van der Waals surface area contributed by atoms with E-state index in [4.69, 9.17) is 19.6 Å². The number of benzene rings is 2. The molecule has 0 saturated heterocycles. The molecule has 0 atom stereocenters. The highest BCUT2D eigenvalue weighted by atomic mass is 16.5. The summed E-state index contributed by atoms with van der Waals surface area (Å²) in [5, 5.41) is 0.978. The first-order valence-corrected chi connectivity index (χ1v) is 6.78. The van der Waals surface area contributed by atoms with Gasteiger partial charge in [-0.2, -0.15) is 0 Å². The highest BCUT2D eigenvalue weighted by Gasteiger charge is 2.13. The fourth-order valence-electron chi connectivity index (χ4n) is 2.33. The van der Waals surface area contributed by atoms with Crippen LogP contribution in [0.15, 0.2) is 52.9 Å². The summed E-state index contributed by atoms with van der Waals surface area (Å²) in [5.74, 6) is 2.31. The van der Waals surface area contributed by atoms with E-state index in [0.29, 0.717) is 13.2 Å². The molecule has 0 radical (unpaired) electrons. The van der Waals surface area contributed by atoms with Gasteiger partial charge < -0.3 is 19.6 Å². The second-order valence-corrected chi connectivity index (χ2v) is 4.71. The summed E-state index contributed by atoms with van der Waals surface area (Å²) in [6.45, 7) is 0.816. The molecule has 0 aliphatic rings. The molecule has 1 aromatic heterocycles. The summed E-state index contributed by atoms with van der Waals surface area (Å²) in [4.78, 5) is 0. The van der Waals surface area contributed by atoms with Crippen LogP contribution >= 0.6 is 0 Å². The predicted molar refractivity (Wildman–Crippen MR) is 81.3 cm³/mol. The Morgan fingerprint density at radius 2 is 1.86 bits per heavy atom. The van der Waals surface area contributed by atoms with E-state index in [2.05, 4.69) is 0 Å². The van der Waals surface area contributed by atoms with Crippen LogP contribution in [0.1, 0.15) is 11.3 Å². The van der Waals surface area contributed by atoms with Crippen LogP contribution in [0, 0.1) is 0 Å². The van der Waals surface area contributed by atoms with Gasteiger partial charge in [-0.05, 0) is 30.3 Å². The van der Waals surface area contributed by atoms with Crippen molar-refractivity contribution < 1.29 is 13.9 Å². The molecule has 0 fully saturated rings. The maximum atomic E-state index is 5.85. The van der Waals surface area contributed by atoms with E-state index in [1.807, 2.05) is 48.5 Å². The van der Waals surface area contributed by atoms with E-state index >= 15 is 0 Å². The van der Waals surface area contributed by atoms with E-state index in [1.165, 1.54) is 0 Å². The van der Waals surface area contributed by atoms with Gasteiger partial charge in [0.2, 0.25) is 0 Å². The average Bonchev–Trinajstić information content (AvgIpc) is 2.86. The molecule has 108 valence electrons.